The molecule has 0 saturated carbocycles. The van der Waals surface area contributed by atoms with Gasteiger partial charge in [0.15, 0.2) is 0 Å². The van der Waals surface area contributed by atoms with Crippen molar-refractivity contribution in [3.8, 4) is 0 Å². The van der Waals surface area contributed by atoms with Crippen molar-refractivity contribution < 1.29 is 4.79 Å². The number of benzene rings is 1. The molecule has 0 fully saturated rings. The molecule has 3 nitrogen and oxygen atoms in total. The molecule has 1 rings (SSSR count). The second kappa shape index (κ2) is 7.17. The van der Waals surface area contributed by atoms with E-state index in [4.69, 9.17) is 0 Å². The summed E-state index contributed by atoms with van der Waals surface area (Å²) in [5.74, 6) is 0.109. The predicted octanol–water partition coefficient (Wildman–Crippen LogP) is 2.48. The first kappa shape index (κ1) is 14.7. The molecule has 1 atom stereocenters. The van der Waals surface area contributed by atoms with E-state index in [0.29, 0.717) is 19.5 Å². The van der Waals surface area contributed by atoms with E-state index in [9.17, 15) is 4.79 Å². The molecule has 1 aromatic carbocycles. The van der Waals surface area contributed by atoms with E-state index in [-0.39, 0.29) is 11.9 Å². The van der Waals surface area contributed by atoms with Crippen molar-refractivity contribution >= 4 is 5.91 Å². The summed E-state index contributed by atoms with van der Waals surface area (Å²) in [6, 6.07) is 6.76. The predicted molar refractivity (Wildman–Crippen MR) is 75.6 cm³/mol. The molecule has 0 aromatic heterocycles. The number of nitrogens with one attached hydrogen (secondary N) is 2. The maximum absolute atomic E-state index is 11.3. The molecular weight excluding hydrogens is 224 g/mol. The van der Waals surface area contributed by atoms with E-state index in [1.54, 1.807) is 0 Å². The summed E-state index contributed by atoms with van der Waals surface area (Å²) in [6.07, 6.45) is 0.531. The SMILES string of the molecule is CCNC(=O)CCNC(C)c1ccc(C)cc1C. The van der Waals surface area contributed by atoms with Crippen LogP contribution in [0.4, 0.5) is 0 Å². The fourth-order valence-corrected chi connectivity index (χ4v) is 2.11. The summed E-state index contributed by atoms with van der Waals surface area (Å²) in [4.78, 5) is 11.3. The lowest BCUT2D eigenvalue weighted by Crippen LogP contribution is -2.28. The third kappa shape index (κ3) is 4.49. The van der Waals surface area contributed by atoms with Crippen molar-refractivity contribution in [2.45, 2.75) is 40.2 Å². The van der Waals surface area contributed by atoms with E-state index in [1.165, 1.54) is 16.7 Å². The van der Waals surface area contributed by atoms with Gasteiger partial charge in [0.1, 0.15) is 0 Å². The zero-order valence-corrected chi connectivity index (χ0v) is 11.8. The molecule has 18 heavy (non-hydrogen) atoms. The van der Waals surface area contributed by atoms with Gasteiger partial charge in [0.25, 0.3) is 0 Å². The number of hydrogen-bond donors (Lipinski definition) is 2. The van der Waals surface area contributed by atoms with Gasteiger partial charge in [-0.2, -0.15) is 0 Å². The lowest BCUT2D eigenvalue weighted by molar-refractivity contribution is -0.120. The van der Waals surface area contributed by atoms with Gasteiger partial charge in [-0.3, -0.25) is 4.79 Å². The van der Waals surface area contributed by atoms with Crippen molar-refractivity contribution in [1.82, 2.24) is 10.6 Å². The minimum Gasteiger partial charge on any atom is -0.356 e. The average molecular weight is 248 g/mol. The Hall–Kier alpha value is -1.35. The highest BCUT2D eigenvalue weighted by Crippen LogP contribution is 2.18. The molecule has 0 aliphatic heterocycles. The standard InChI is InChI=1S/C15H24N2O/c1-5-16-15(18)8-9-17-13(4)14-7-6-11(2)10-12(14)3/h6-7,10,13,17H,5,8-9H2,1-4H3,(H,16,18). The fourth-order valence-electron chi connectivity index (χ4n) is 2.11. The quantitative estimate of drug-likeness (QED) is 0.812. The smallest absolute Gasteiger partial charge is 0.221 e. The topological polar surface area (TPSA) is 41.1 Å². The van der Waals surface area contributed by atoms with Gasteiger partial charge in [-0.25, -0.2) is 0 Å². The lowest BCUT2D eigenvalue weighted by Gasteiger charge is -2.17. The van der Waals surface area contributed by atoms with E-state index >= 15 is 0 Å². The van der Waals surface area contributed by atoms with Crippen LogP contribution < -0.4 is 10.6 Å². The first-order valence-electron chi connectivity index (χ1n) is 6.61. The zero-order valence-electron chi connectivity index (χ0n) is 11.8. The van der Waals surface area contributed by atoms with Gasteiger partial charge in [0, 0.05) is 25.6 Å². The second-order valence-electron chi connectivity index (χ2n) is 4.74. The molecule has 0 radical (unpaired) electrons. The molecule has 0 aliphatic carbocycles. The van der Waals surface area contributed by atoms with Crippen LogP contribution in [0.2, 0.25) is 0 Å². The normalized spacial score (nSPS) is 12.2. The summed E-state index contributed by atoms with van der Waals surface area (Å²) < 4.78 is 0. The van der Waals surface area contributed by atoms with Crippen molar-refractivity contribution in [2.75, 3.05) is 13.1 Å². The molecule has 1 aromatic rings. The Kier molecular flexibility index (Phi) is 5.86. The van der Waals surface area contributed by atoms with Crippen LogP contribution in [0.5, 0.6) is 0 Å². The molecule has 3 heteroatoms. The first-order chi connectivity index (χ1) is 8.54. The molecule has 1 amide bonds. The summed E-state index contributed by atoms with van der Waals surface area (Å²) in [5.41, 5.74) is 3.88. The van der Waals surface area contributed by atoms with Crippen LogP contribution >= 0.6 is 0 Å². The highest BCUT2D eigenvalue weighted by Gasteiger charge is 2.08. The monoisotopic (exact) mass is 248 g/mol. The maximum Gasteiger partial charge on any atom is 0.221 e. The lowest BCUT2D eigenvalue weighted by atomic mass is 10.0. The number of rotatable bonds is 6. The van der Waals surface area contributed by atoms with Crippen LogP contribution in [0.3, 0.4) is 0 Å². The largest absolute Gasteiger partial charge is 0.356 e. The van der Waals surface area contributed by atoms with Crippen molar-refractivity contribution in [3.63, 3.8) is 0 Å². The molecule has 0 aliphatic rings. The van der Waals surface area contributed by atoms with Crippen LogP contribution in [0.25, 0.3) is 0 Å². The van der Waals surface area contributed by atoms with Gasteiger partial charge < -0.3 is 10.6 Å². The molecule has 0 bridgehead atoms. The van der Waals surface area contributed by atoms with Gasteiger partial charge in [-0.05, 0) is 38.8 Å². The number of amides is 1. The highest BCUT2D eigenvalue weighted by molar-refractivity contribution is 5.75. The van der Waals surface area contributed by atoms with Gasteiger partial charge in [-0.1, -0.05) is 23.8 Å². The zero-order chi connectivity index (χ0) is 13.5. The molecule has 0 spiro atoms. The van der Waals surface area contributed by atoms with Crippen molar-refractivity contribution in [2.24, 2.45) is 0 Å². The van der Waals surface area contributed by atoms with E-state index < -0.39 is 0 Å². The highest BCUT2D eigenvalue weighted by atomic mass is 16.1. The summed E-state index contributed by atoms with van der Waals surface area (Å²) in [6.45, 7) is 9.71. The minimum atomic E-state index is 0.109. The Morgan fingerprint density at radius 1 is 1.33 bits per heavy atom. The van der Waals surface area contributed by atoms with Crippen LogP contribution in [0, 0.1) is 13.8 Å². The third-order valence-electron chi connectivity index (χ3n) is 3.07. The third-order valence-corrected chi connectivity index (χ3v) is 3.07. The summed E-state index contributed by atoms with van der Waals surface area (Å²) in [7, 11) is 0. The number of hydrogen-bond acceptors (Lipinski definition) is 2. The first-order valence-corrected chi connectivity index (χ1v) is 6.61. The van der Waals surface area contributed by atoms with Gasteiger partial charge >= 0.3 is 0 Å². The molecule has 1 unspecified atom stereocenters. The Balaban J connectivity index is 2.45. The molecular formula is C15H24N2O. The molecule has 0 saturated heterocycles. The van der Waals surface area contributed by atoms with Gasteiger partial charge in [0.05, 0.1) is 0 Å². The summed E-state index contributed by atoms with van der Waals surface area (Å²) >= 11 is 0. The van der Waals surface area contributed by atoms with E-state index in [0.717, 1.165) is 0 Å². The van der Waals surface area contributed by atoms with Crippen molar-refractivity contribution in [1.29, 1.82) is 0 Å². The summed E-state index contributed by atoms with van der Waals surface area (Å²) in [5, 5.41) is 6.19. The molecule has 0 heterocycles. The average Bonchev–Trinajstić information content (AvgIpc) is 2.29. The number of aryl methyl sites for hydroxylation is 2. The van der Waals surface area contributed by atoms with Gasteiger partial charge in [0.2, 0.25) is 5.91 Å². The Bertz CT molecular complexity index is 401. The Morgan fingerprint density at radius 3 is 2.67 bits per heavy atom. The van der Waals surface area contributed by atoms with Crippen LogP contribution in [0.1, 0.15) is 43.0 Å². The van der Waals surface area contributed by atoms with Crippen molar-refractivity contribution in [3.05, 3.63) is 34.9 Å². The maximum atomic E-state index is 11.3. The van der Waals surface area contributed by atoms with Crippen LogP contribution in [0.15, 0.2) is 18.2 Å². The Labute approximate surface area is 110 Å². The van der Waals surface area contributed by atoms with Crippen LogP contribution in [-0.4, -0.2) is 19.0 Å². The fraction of sp³-hybridized carbons (Fsp3) is 0.533. The van der Waals surface area contributed by atoms with E-state index in [1.807, 2.05) is 6.92 Å². The number of carbonyl (C=O) groups is 1. The molecule has 100 valence electrons. The minimum absolute atomic E-state index is 0.109. The van der Waals surface area contributed by atoms with E-state index in [2.05, 4.69) is 49.6 Å². The second-order valence-corrected chi connectivity index (χ2v) is 4.74. The van der Waals surface area contributed by atoms with Crippen LogP contribution in [-0.2, 0) is 4.79 Å². The Morgan fingerprint density at radius 2 is 2.06 bits per heavy atom. The number of carbonyl (C=O) groups excluding carboxylic acids is 1. The van der Waals surface area contributed by atoms with Gasteiger partial charge in [-0.15, -0.1) is 0 Å². The molecule has 2 N–H and O–H groups in total.